The molecule has 332 valence electrons. The molecule has 0 saturated heterocycles. The number of carbonyl (C=O) groups excluding carboxylic acids is 2. The standard InChI is InChI=1S/C44H79O12P/c1-4-6-8-10-12-14-16-18-19-21-23-25-27-29-31-33-41(49)55-38(36-54-57(52)56-44(37(3)46)43(51)42(50)39(47)34-45)35-53-40(48)32-30-28-26-24-22-20-17-15-13-11-9-7-5-2/h8,10,14,16,19,21,25,27,37-39,42-47,50-52H,4-7,9,11-13,15,17-18,20,22-24,26,28-36H2,1-3H3/b10-8+,16-14+,21-19+,27-25+. The van der Waals surface area contributed by atoms with E-state index in [1.54, 1.807) is 0 Å². The summed E-state index contributed by atoms with van der Waals surface area (Å²) in [6.07, 6.45) is 29.2. The normalized spacial score (nSPS) is 16.0. The molecule has 0 radical (unpaired) electrons. The lowest BCUT2D eigenvalue weighted by atomic mass is 10.0. The van der Waals surface area contributed by atoms with Crippen LogP contribution in [0.1, 0.15) is 162 Å². The largest absolute Gasteiger partial charge is 0.462 e. The first kappa shape index (κ1) is 55.0. The Balaban J connectivity index is 4.83. The van der Waals surface area contributed by atoms with Gasteiger partial charge in [0.25, 0.3) is 0 Å². The summed E-state index contributed by atoms with van der Waals surface area (Å²) in [6.45, 7) is 4.03. The SMILES string of the molecule is CCC/C=C/C/C=C/C/C=C/C/C=C/CCCC(=O)OC(COC(=O)CCCCCCCCCCCCCCC)COP(O)OC(C(C)O)C(O)C(O)C(O)CO. The van der Waals surface area contributed by atoms with Crippen molar-refractivity contribution in [3.8, 4) is 0 Å². The summed E-state index contributed by atoms with van der Waals surface area (Å²) in [5, 5.41) is 49.2. The van der Waals surface area contributed by atoms with Gasteiger partial charge in [-0.1, -0.05) is 146 Å². The highest BCUT2D eigenvalue weighted by Crippen LogP contribution is 2.37. The highest BCUT2D eigenvalue weighted by molar-refractivity contribution is 7.40. The second-order valence-electron chi connectivity index (χ2n) is 14.6. The Kier molecular flexibility index (Phi) is 38.1. The average molecular weight is 831 g/mol. The van der Waals surface area contributed by atoms with E-state index in [-0.39, 0.29) is 19.4 Å². The van der Waals surface area contributed by atoms with Crippen LogP contribution in [0.5, 0.6) is 0 Å². The molecule has 0 aromatic rings. The predicted molar refractivity (Wildman–Crippen MR) is 227 cm³/mol. The van der Waals surface area contributed by atoms with Gasteiger partial charge in [-0.3, -0.25) is 9.59 Å². The Morgan fingerprint density at radius 3 is 1.60 bits per heavy atom. The van der Waals surface area contributed by atoms with Crippen LogP contribution >= 0.6 is 8.60 Å². The van der Waals surface area contributed by atoms with Crippen molar-refractivity contribution in [3.05, 3.63) is 48.6 Å². The van der Waals surface area contributed by atoms with E-state index < -0.39 is 70.4 Å². The molecule has 0 aliphatic heterocycles. The number of unbranched alkanes of at least 4 members (excludes halogenated alkanes) is 14. The minimum Gasteiger partial charge on any atom is -0.462 e. The van der Waals surface area contributed by atoms with Crippen LogP contribution in [0, 0.1) is 0 Å². The van der Waals surface area contributed by atoms with Crippen molar-refractivity contribution < 1.29 is 58.5 Å². The van der Waals surface area contributed by atoms with Crippen molar-refractivity contribution in [2.24, 2.45) is 0 Å². The summed E-state index contributed by atoms with van der Waals surface area (Å²) in [6, 6.07) is 0. The van der Waals surface area contributed by atoms with E-state index in [4.69, 9.17) is 23.6 Å². The minimum absolute atomic E-state index is 0.104. The van der Waals surface area contributed by atoms with Gasteiger partial charge in [-0.05, 0) is 51.9 Å². The maximum atomic E-state index is 12.7. The zero-order valence-electron chi connectivity index (χ0n) is 35.3. The molecule has 7 unspecified atom stereocenters. The van der Waals surface area contributed by atoms with Crippen LogP contribution < -0.4 is 0 Å². The van der Waals surface area contributed by atoms with E-state index >= 15 is 0 Å². The molecule has 0 aromatic carbocycles. The molecular weight excluding hydrogens is 751 g/mol. The highest BCUT2D eigenvalue weighted by atomic mass is 31.2. The number of hydrogen-bond donors (Lipinski definition) is 6. The molecule has 7 atom stereocenters. The van der Waals surface area contributed by atoms with Crippen molar-refractivity contribution in [3.63, 3.8) is 0 Å². The number of aliphatic hydroxyl groups is 5. The Labute approximate surface area is 345 Å². The quantitative estimate of drug-likeness (QED) is 0.0150. The molecule has 0 rings (SSSR count). The first-order valence-electron chi connectivity index (χ1n) is 21.6. The Bertz CT molecular complexity index is 1070. The zero-order valence-corrected chi connectivity index (χ0v) is 36.2. The van der Waals surface area contributed by atoms with E-state index in [2.05, 4.69) is 50.3 Å². The molecular formula is C44H79O12P. The summed E-state index contributed by atoms with van der Waals surface area (Å²) in [7, 11) is -2.80. The van der Waals surface area contributed by atoms with E-state index in [0.29, 0.717) is 19.3 Å². The fourth-order valence-electron chi connectivity index (χ4n) is 5.73. The Morgan fingerprint density at radius 1 is 0.596 bits per heavy atom. The lowest BCUT2D eigenvalue weighted by Gasteiger charge is -2.31. The predicted octanol–water partition coefficient (Wildman–Crippen LogP) is 8.37. The molecule has 57 heavy (non-hydrogen) atoms. The fourth-order valence-corrected chi connectivity index (χ4v) is 6.60. The average Bonchev–Trinajstić information content (AvgIpc) is 3.20. The third kappa shape index (κ3) is 33.5. The van der Waals surface area contributed by atoms with Crippen molar-refractivity contribution in [1.29, 1.82) is 0 Å². The number of aliphatic hydroxyl groups excluding tert-OH is 5. The molecule has 0 saturated carbocycles. The maximum absolute atomic E-state index is 12.7. The molecule has 0 aromatic heterocycles. The summed E-state index contributed by atoms with van der Waals surface area (Å²) in [5.41, 5.74) is 0. The lowest BCUT2D eigenvalue weighted by molar-refractivity contribution is -0.161. The van der Waals surface area contributed by atoms with Crippen LogP contribution in [-0.2, 0) is 28.1 Å². The summed E-state index contributed by atoms with van der Waals surface area (Å²) in [4.78, 5) is 35.7. The molecule has 6 N–H and O–H groups in total. The number of ether oxygens (including phenoxy) is 2. The molecule has 0 fully saturated rings. The van der Waals surface area contributed by atoms with Gasteiger partial charge in [0.2, 0.25) is 0 Å². The molecule has 0 bridgehead atoms. The van der Waals surface area contributed by atoms with Gasteiger partial charge in [0.1, 0.15) is 31.0 Å². The van der Waals surface area contributed by atoms with E-state index in [1.165, 1.54) is 64.7 Å². The molecule has 0 amide bonds. The van der Waals surface area contributed by atoms with Crippen LogP contribution in [0.4, 0.5) is 0 Å². The van der Waals surface area contributed by atoms with Crippen LogP contribution in [0.25, 0.3) is 0 Å². The summed E-state index contributed by atoms with van der Waals surface area (Å²) in [5.74, 6) is -0.979. The van der Waals surface area contributed by atoms with Gasteiger partial charge in [0, 0.05) is 12.8 Å². The molecule has 0 heterocycles. The molecule has 0 aliphatic rings. The van der Waals surface area contributed by atoms with Crippen LogP contribution in [0.3, 0.4) is 0 Å². The first-order chi connectivity index (χ1) is 27.6. The van der Waals surface area contributed by atoms with E-state index in [1.807, 2.05) is 12.2 Å². The molecule has 13 heteroatoms. The molecule has 0 aliphatic carbocycles. The fraction of sp³-hybridized carbons (Fsp3) is 0.773. The van der Waals surface area contributed by atoms with Crippen molar-refractivity contribution >= 4 is 20.5 Å². The Morgan fingerprint density at radius 2 is 1.09 bits per heavy atom. The third-order valence-electron chi connectivity index (χ3n) is 9.23. The van der Waals surface area contributed by atoms with Gasteiger partial charge in [0.15, 0.2) is 6.10 Å². The monoisotopic (exact) mass is 831 g/mol. The summed E-state index contributed by atoms with van der Waals surface area (Å²) >= 11 is 0. The van der Waals surface area contributed by atoms with Gasteiger partial charge in [-0.25, -0.2) is 0 Å². The van der Waals surface area contributed by atoms with Gasteiger partial charge < -0.3 is 48.9 Å². The smallest absolute Gasteiger partial charge is 0.330 e. The van der Waals surface area contributed by atoms with E-state index in [9.17, 15) is 34.9 Å². The topological polar surface area (TPSA) is 192 Å². The number of rotatable bonds is 39. The Hall–Kier alpha value is -1.99. The van der Waals surface area contributed by atoms with Gasteiger partial charge in [0.05, 0.1) is 19.3 Å². The second-order valence-corrected chi connectivity index (χ2v) is 15.6. The van der Waals surface area contributed by atoms with Crippen LogP contribution in [-0.4, -0.2) is 98.8 Å². The van der Waals surface area contributed by atoms with Crippen molar-refractivity contribution in [2.75, 3.05) is 19.8 Å². The van der Waals surface area contributed by atoms with Gasteiger partial charge in [-0.15, -0.1) is 0 Å². The second kappa shape index (κ2) is 39.5. The van der Waals surface area contributed by atoms with Crippen LogP contribution in [0.15, 0.2) is 48.6 Å². The number of esters is 2. The summed E-state index contributed by atoms with van der Waals surface area (Å²) < 4.78 is 21.5. The van der Waals surface area contributed by atoms with Crippen molar-refractivity contribution in [1.82, 2.24) is 0 Å². The minimum atomic E-state index is -2.80. The molecule has 12 nitrogen and oxygen atoms in total. The van der Waals surface area contributed by atoms with Crippen molar-refractivity contribution in [2.45, 2.75) is 199 Å². The highest BCUT2D eigenvalue weighted by Gasteiger charge is 2.37. The van der Waals surface area contributed by atoms with Gasteiger partial charge in [-0.2, -0.15) is 0 Å². The first-order valence-corrected chi connectivity index (χ1v) is 22.8. The van der Waals surface area contributed by atoms with Crippen LogP contribution in [0.2, 0.25) is 0 Å². The number of carbonyl (C=O) groups is 2. The van der Waals surface area contributed by atoms with Gasteiger partial charge >= 0.3 is 20.5 Å². The lowest BCUT2D eigenvalue weighted by Crippen LogP contribution is -2.50. The van der Waals surface area contributed by atoms with E-state index in [0.717, 1.165) is 51.4 Å². The maximum Gasteiger partial charge on any atom is 0.330 e. The molecule has 0 spiro atoms. The number of hydrogen-bond acceptors (Lipinski definition) is 12. The zero-order chi connectivity index (χ0) is 42.4. The third-order valence-corrected chi connectivity index (χ3v) is 10.0. The number of allylic oxidation sites excluding steroid dienone is 8.